The number of aliphatic imine (C=N–C) groups is 1. The summed E-state index contributed by atoms with van der Waals surface area (Å²) in [5, 5.41) is 14.2. The second kappa shape index (κ2) is 8.44. The zero-order chi connectivity index (χ0) is 21.2. The maximum atomic E-state index is 12.2. The van der Waals surface area contributed by atoms with Gasteiger partial charge >= 0.3 is 0 Å². The summed E-state index contributed by atoms with van der Waals surface area (Å²) < 4.78 is 6.83. The summed E-state index contributed by atoms with van der Waals surface area (Å²) >= 11 is 5.85. The van der Waals surface area contributed by atoms with Gasteiger partial charge in [0.2, 0.25) is 11.9 Å². The SMILES string of the molecule is O=C1NCOCN=C1Cc1cnn2c(NC3CC3)nc(NCc3ccc(Cl)nc3)nc12. The van der Waals surface area contributed by atoms with Gasteiger partial charge in [-0.15, -0.1) is 0 Å². The van der Waals surface area contributed by atoms with Gasteiger partial charge in [0.05, 0.1) is 6.20 Å². The van der Waals surface area contributed by atoms with Crippen molar-refractivity contribution in [3.05, 3.63) is 40.8 Å². The molecule has 31 heavy (non-hydrogen) atoms. The van der Waals surface area contributed by atoms with Crippen LogP contribution in [0.25, 0.3) is 5.65 Å². The number of hydrogen-bond donors (Lipinski definition) is 3. The van der Waals surface area contributed by atoms with Crippen molar-refractivity contribution in [2.75, 3.05) is 24.1 Å². The van der Waals surface area contributed by atoms with Crippen LogP contribution < -0.4 is 16.0 Å². The maximum absolute atomic E-state index is 12.2. The number of carbonyl (C=O) groups is 1. The minimum absolute atomic E-state index is 0.138. The highest BCUT2D eigenvalue weighted by Crippen LogP contribution is 2.25. The predicted molar refractivity (Wildman–Crippen MR) is 114 cm³/mol. The molecular weight excluding hydrogens is 422 g/mol. The van der Waals surface area contributed by atoms with E-state index in [1.165, 1.54) is 0 Å². The average Bonchev–Trinajstić information content (AvgIpc) is 3.53. The highest BCUT2D eigenvalue weighted by Gasteiger charge is 2.25. The number of nitrogens with zero attached hydrogens (tertiary/aromatic N) is 6. The number of ether oxygens (including phenoxy) is 1. The van der Waals surface area contributed by atoms with Gasteiger partial charge in [0.25, 0.3) is 5.91 Å². The van der Waals surface area contributed by atoms with Crippen molar-refractivity contribution < 1.29 is 9.53 Å². The third kappa shape index (κ3) is 4.57. The first-order valence-corrected chi connectivity index (χ1v) is 10.3. The van der Waals surface area contributed by atoms with Gasteiger partial charge < -0.3 is 20.7 Å². The fourth-order valence-corrected chi connectivity index (χ4v) is 3.21. The second-order valence-electron chi connectivity index (χ2n) is 7.30. The van der Waals surface area contributed by atoms with Crippen LogP contribution in [-0.2, 0) is 22.5 Å². The molecule has 0 atom stereocenters. The Morgan fingerprint density at radius 2 is 2.16 bits per heavy atom. The summed E-state index contributed by atoms with van der Waals surface area (Å²) in [6.45, 7) is 0.768. The number of amides is 1. The maximum Gasteiger partial charge on any atom is 0.267 e. The number of fused-ring (bicyclic) bond motifs is 1. The third-order valence-corrected chi connectivity index (χ3v) is 5.12. The predicted octanol–water partition coefficient (Wildman–Crippen LogP) is 1.40. The van der Waals surface area contributed by atoms with Gasteiger partial charge in [-0.1, -0.05) is 17.7 Å². The lowest BCUT2D eigenvalue weighted by atomic mass is 10.1. The minimum Gasteiger partial charge on any atom is -0.351 e. The monoisotopic (exact) mass is 441 g/mol. The average molecular weight is 442 g/mol. The fraction of sp³-hybridized carbons (Fsp3) is 0.368. The first-order valence-electron chi connectivity index (χ1n) is 9.90. The second-order valence-corrected chi connectivity index (χ2v) is 7.69. The summed E-state index contributed by atoms with van der Waals surface area (Å²) in [5.74, 6) is 0.796. The number of anilines is 2. The Morgan fingerprint density at radius 1 is 1.26 bits per heavy atom. The number of aromatic nitrogens is 5. The molecule has 1 amide bonds. The van der Waals surface area contributed by atoms with E-state index >= 15 is 0 Å². The lowest BCUT2D eigenvalue weighted by molar-refractivity contribution is -0.116. The van der Waals surface area contributed by atoms with Crippen LogP contribution in [0.15, 0.2) is 29.5 Å². The molecule has 0 unspecified atom stereocenters. The smallest absolute Gasteiger partial charge is 0.267 e. The van der Waals surface area contributed by atoms with E-state index in [1.807, 2.05) is 6.07 Å². The summed E-state index contributed by atoms with van der Waals surface area (Å²) in [6, 6.07) is 4.01. The van der Waals surface area contributed by atoms with Crippen molar-refractivity contribution >= 4 is 40.8 Å². The van der Waals surface area contributed by atoms with Crippen LogP contribution in [0.5, 0.6) is 0 Å². The molecule has 1 fully saturated rings. The molecule has 4 heterocycles. The quantitative estimate of drug-likeness (QED) is 0.469. The molecule has 11 nitrogen and oxygen atoms in total. The first kappa shape index (κ1) is 19.6. The van der Waals surface area contributed by atoms with Crippen LogP contribution in [0.1, 0.15) is 24.0 Å². The Bertz CT molecular complexity index is 1140. The minimum atomic E-state index is -0.254. The van der Waals surface area contributed by atoms with Crippen LogP contribution in [0.2, 0.25) is 5.15 Å². The van der Waals surface area contributed by atoms with Crippen molar-refractivity contribution in [2.45, 2.75) is 31.8 Å². The Balaban J connectivity index is 1.44. The molecule has 5 rings (SSSR count). The van der Waals surface area contributed by atoms with E-state index < -0.39 is 0 Å². The standard InChI is InChI=1S/C19H20ClN9O2/c20-15-4-1-11(6-21-15)7-22-18-27-16-12(5-14-17(30)24-10-31-9-23-14)8-25-29(16)19(28-18)26-13-2-3-13/h1,4,6,8,13H,2-3,5,7,9-10H2,(H,24,30)(H2,22,26,27,28). The Hall–Kier alpha value is -3.31. The Morgan fingerprint density at radius 3 is 2.97 bits per heavy atom. The molecule has 3 aromatic rings. The lowest BCUT2D eigenvalue weighted by Crippen LogP contribution is -2.31. The highest BCUT2D eigenvalue weighted by atomic mass is 35.5. The number of pyridine rings is 1. The largest absolute Gasteiger partial charge is 0.351 e. The number of rotatable bonds is 7. The van der Waals surface area contributed by atoms with Gasteiger partial charge in [-0.3, -0.25) is 9.79 Å². The van der Waals surface area contributed by atoms with Crippen LogP contribution >= 0.6 is 11.6 Å². The Labute approximate surface area is 182 Å². The molecule has 3 N–H and O–H groups in total. The van der Waals surface area contributed by atoms with Crippen molar-refractivity contribution in [1.29, 1.82) is 0 Å². The van der Waals surface area contributed by atoms with Gasteiger partial charge in [0, 0.05) is 30.8 Å². The molecule has 1 aliphatic heterocycles. The van der Waals surface area contributed by atoms with E-state index in [0.29, 0.717) is 47.4 Å². The Kier molecular flexibility index (Phi) is 5.35. The third-order valence-electron chi connectivity index (χ3n) is 4.89. The topological polar surface area (TPSA) is 131 Å². The zero-order valence-corrected chi connectivity index (χ0v) is 17.3. The molecule has 0 radical (unpaired) electrons. The number of halogens is 1. The summed E-state index contributed by atoms with van der Waals surface area (Å²) in [5.41, 5.74) is 2.70. The lowest BCUT2D eigenvalue weighted by Gasteiger charge is -2.10. The number of carbonyl (C=O) groups excluding carboxylic acids is 1. The van der Waals surface area contributed by atoms with E-state index in [9.17, 15) is 4.79 Å². The molecule has 160 valence electrons. The summed E-state index contributed by atoms with van der Waals surface area (Å²) in [6.07, 6.45) is 5.87. The number of nitrogens with one attached hydrogen (secondary N) is 3. The summed E-state index contributed by atoms with van der Waals surface area (Å²) in [4.78, 5) is 29.8. The molecule has 1 aliphatic carbocycles. The van der Waals surface area contributed by atoms with Crippen molar-refractivity contribution in [3.8, 4) is 0 Å². The van der Waals surface area contributed by atoms with Crippen LogP contribution in [-0.4, -0.2) is 55.7 Å². The molecule has 0 saturated heterocycles. The van der Waals surface area contributed by atoms with Crippen molar-refractivity contribution in [3.63, 3.8) is 0 Å². The van der Waals surface area contributed by atoms with E-state index in [4.69, 9.17) is 16.3 Å². The molecule has 1 saturated carbocycles. The summed E-state index contributed by atoms with van der Waals surface area (Å²) in [7, 11) is 0. The normalized spacial score (nSPS) is 16.5. The molecule has 0 bridgehead atoms. The van der Waals surface area contributed by atoms with Crippen molar-refractivity contribution in [2.24, 2.45) is 4.99 Å². The molecular formula is C19H20ClN9O2. The van der Waals surface area contributed by atoms with E-state index in [-0.39, 0.29) is 19.4 Å². The van der Waals surface area contributed by atoms with Crippen LogP contribution in [0.3, 0.4) is 0 Å². The highest BCUT2D eigenvalue weighted by molar-refractivity contribution is 6.39. The molecule has 0 aromatic carbocycles. The molecule has 0 spiro atoms. The molecule has 12 heteroatoms. The van der Waals surface area contributed by atoms with Crippen LogP contribution in [0.4, 0.5) is 11.9 Å². The fourth-order valence-electron chi connectivity index (χ4n) is 3.10. The molecule has 3 aromatic heterocycles. The van der Waals surface area contributed by atoms with Gasteiger partial charge in [-0.25, -0.2) is 4.98 Å². The van der Waals surface area contributed by atoms with E-state index in [0.717, 1.165) is 24.0 Å². The van der Waals surface area contributed by atoms with Crippen LogP contribution in [0, 0.1) is 0 Å². The van der Waals surface area contributed by atoms with Gasteiger partial charge in [0.15, 0.2) is 5.65 Å². The van der Waals surface area contributed by atoms with Gasteiger partial charge in [-0.2, -0.15) is 19.6 Å². The molecule has 2 aliphatic rings. The zero-order valence-electron chi connectivity index (χ0n) is 16.5. The van der Waals surface area contributed by atoms with Crippen molar-refractivity contribution in [1.82, 2.24) is 29.9 Å². The van der Waals surface area contributed by atoms with Gasteiger partial charge in [0.1, 0.15) is 24.3 Å². The van der Waals surface area contributed by atoms with E-state index in [2.05, 4.69) is 41.0 Å². The number of hydrogen-bond acceptors (Lipinski definition) is 9. The van der Waals surface area contributed by atoms with E-state index in [1.54, 1.807) is 23.0 Å². The first-order chi connectivity index (χ1) is 15.2. The van der Waals surface area contributed by atoms with Gasteiger partial charge in [-0.05, 0) is 24.5 Å².